The van der Waals surface area contributed by atoms with Gasteiger partial charge in [0.25, 0.3) is 0 Å². The van der Waals surface area contributed by atoms with E-state index in [9.17, 15) is 0 Å². The van der Waals surface area contributed by atoms with Crippen LogP contribution in [0.1, 0.15) is 38.4 Å². The van der Waals surface area contributed by atoms with Crippen LogP contribution in [0, 0.1) is 0 Å². The minimum absolute atomic E-state index is 0. The van der Waals surface area contributed by atoms with Crippen LogP contribution in [0.15, 0.2) is 10.4 Å². The first-order valence-corrected chi connectivity index (χ1v) is 6.30. The number of nitrogens with one attached hydrogen (secondary N) is 1. The average molecular weight is 368 g/mol. The molecule has 98 valence electrons. The summed E-state index contributed by atoms with van der Waals surface area (Å²) in [6, 6.07) is 0. The highest BCUT2D eigenvalue weighted by molar-refractivity contribution is 14.0. The fraction of sp³-hybridized carbons (Fsp3) is 0.636. The molecule has 3 N–H and O–H groups in total. The van der Waals surface area contributed by atoms with Gasteiger partial charge < -0.3 is 11.1 Å². The van der Waals surface area contributed by atoms with E-state index in [0.29, 0.717) is 12.5 Å². The standard InChI is InChI=1S/C11H20N4S.HI/c1-5-9-14-8(7-16-9)6-13-10(12)15-11(2,3)4;/h7H,5-6H2,1-4H3,(H3,12,13,15);1H. The molecule has 0 fully saturated rings. The lowest BCUT2D eigenvalue weighted by atomic mass is 10.1. The van der Waals surface area contributed by atoms with Gasteiger partial charge >= 0.3 is 0 Å². The Kier molecular flexibility index (Phi) is 6.99. The van der Waals surface area contributed by atoms with Crippen LogP contribution in [0.5, 0.6) is 0 Å². The quantitative estimate of drug-likeness (QED) is 0.490. The molecule has 0 unspecified atom stereocenters. The van der Waals surface area contributed by atoms with Crippen LogP contribution in [0.4, 0.5) is 0 Å². The molecule has 1 aromatic heterocycles. The summed E-state index contributed by atoms with van der Waals surface area (Å²) in [5, 5.41) is 6.29. The minimum atomic E-state index is -0.0514. The maximum atomic E-state index is 5.76. The third kappa shape index (κ3) is 6.82. The normalized spacial score (nSPS) is 12.1. The molecule has 4 nitrogen and oxygen atoms in total. The van der Waals surface area contributed by atoms with Crippen LogP contribution < -0.4 is 11.1 Å². The van der Waals surface area contributed by atoms with Crippen LogP contribution in [0.3, 0.4) is 0 Å². The molecule has 0 amide bonds. The predicted octanol–water partition coefficient (Wildman–Crippen LogP) is 2.53. The lowest BCUT2D eigenvalue weighted by Crippen LogP contribution is -2.44. The number of aromatic nitrogens is 1. The van der Waals surface area contributed by atoms with Gasteiger partial charge in [-0.2, -0.15) is 0 Å². The zero-order valence-corrected chi connectivity index (χ0v) is 13.9. The summed E-state index contributed by atoms with van der Waals surface area (Å²) in [5.41, 5.74) is 6.70. The first-order valence-electron chi connectivity index (χ1n) is 5.42. The van der Waals surface area contributed by atoms with Crippen molar-refractivity contribution in [2.45, 2.75) is 46.2 Å². The van der Waals surface area contributed by atoms with Gasteiger partial charge in [0.1, 0.15) is 0 Å². The zero-order chi connectivity index (χ0) is 12.2. The van der Waals surface area contributed by atoms with Crippen molar-refractivity contribution in [3.63, 3.8) is 0 Å². The minimum Gasteiger partial charge on any atom is -0.370 e. The second-order valence-corrected chi connectivity index (χ2v) is 5.61. The number of aliphatic imine (C=N–C) groups is 1. The molecule has 0 aromatic carbocycles. The first kappa shape index (κ1) is 16.6. The van der Waals surface area contributed by atoms with E-state index in [1.165, 1.54) is 0 Å². The molecule has 0 spiro atoms. The monoisotopic (exact) mass is 368 g/mol. The van der Waals surface area contributed by atoms with E-state index in [0.717, 1.165) is 17.1 Å². The number of hydrogen-bond donors (Lipinski definition) is 2. The van der Waals surface area contributed by atoms with Crippen LogP contribution in [0.2, 0.25) is 0 Å². The van der Waals surface area contributed by atoms with E-state index >= 15 is 0 Å². The molecule has 1 aromatic rings. The molecule has 0 bridgehead atoms. The predicted molar refractivity (Wildman–Crippen MR) is 85.1 cm³/mol. The van der Waals surface area contributed by atoms with Gasteiger partial charge in [0.05, 0.1) is 17.2 Å². The van der Waals surface area contributed by atoms with Crippen LogP contribution >= 0.6 is 35.3 Å². The molecule has 0 atom stereocenters. The number of aryl methyl sites for hydroxylation is 1. The maximum Gasteiger partial charge on any atom is 0.189 e. The largest absolute Gasteiger partial charge is 0.370 e. The summed E-state index contributed by atoms with van der Waals surface area (Å²) < 4.78 is 0. The van der Waals surface area contributed by atoms with Crippen molar-refractivity contribution in [3.05, 3.63) is 16.1 Å². The van der Waals surface area contributed by atoms with Crippen molar-refractivity contribution < 1.29 is 0 Å². The van der Waals surface area contributed by atoms with Gasteiger partial charge in [0.15, 0.2) is 5.96 Å². The van der Waals surface area contributed by atoms with E-state index in [2.05, 4.69) is 22.2 Å². The second-order valence-electron chi connectivity index (χ2n) is 4.66. The second kappa shape index (κ2) is 7.15. The Morgan fingerprint density at radius 3 is 2.65 bits per heavy atom. The first-order chi connectivity index (χ1) is 7.40. The number of nitrogens with zero attached hydrogens (tertiary/aromatic N) is 2. The number of guanidine groups is 1. The highest BCUT2D eigenvalue weighted by Gasteiger charge is 2.09. The summed E-state index contributed by atoms with van der Waals surface area (Å²) in [6.07, 6.45) is 0.976. The Balaban J connectivity index is 0.00000256. The third-order valence-electron chi connectivity index (χ3n) is 1.82. The summed E-state index contributed by atoms with van der Waals surface area (Å²) in [4.78, 5) is 8.68. The van der Waals surface area contributed by atoms with Crippen LogP contribution in [0.25, 0.3) is 0 Å². The topological polar surface area (TPSA) is 63.3 Å². The van der Waals surface area contributed by atoms with Crippen molar-refractivity contribution in [3.8, 4) is 0 Å². The molecule has 17 heavy (non-hydrogen) atoms. The maximum absolute atomic E-state index is 5.76. The molecule has 0 aliphatic carbocycles. The molecule has 6 heteroatoms. The third-order valence-corrected chi connectivity index (χ3v) is 2.86. The Labute approximate surface area is 124 Å². The summed E-state index contributed by atoms with van der Waals surface area (Å²) >= 11 is 1.67. The average Bonchev–Trinajstić information content (AvgIpc) is 2.59. The molecule has 0 saturated heterocycles. The molecular formula is C11H21IN4S. The summed E-state index contributed by atoms with van der Waals surface area (Å²) in [6.45, 7) is 8.79. The Hall–Kier alpha value is -0.370. The SMILES string of the molecule is CCc1nc(CN=C(N)NC(C)(C)C)cs1.I. The summed E-state index contributed by atoms with van der Waals surface area (Å²) in [7, 11) is 0. The summed E-state index contributed by atoms with van der Waals surface area (Å²) in [5.74, 6) is 0.471. The van der Waals surface area contributed by atoms with Crippen molar-refractivity contribution in [1.82, 2.24) is 10.3 Å². The number of hydrogen-bond acceptors (Lipinski definition) is 3. The molecular weight excluding hydrogens is 347 g/mol. The van der Waals surface area contributed by atoms with Gasteiger partial charge in [-0.3, -0.25) is 0 Å². The number of rotatable bonds is 3. The van der Waals surface area contributed by atoms with Crippen LogP contribution in [-0.4, -0.2) is 16.5 Å². The zero-order valence-electron chi connectivity index (χ0n) is 10.8. The number of halogens is 1. The molecule has 0 saturated carbocycles. The van der Waals surface area contributed by atoms with Gasteiger partial charge in [-0.1, -0.05) is 6.92 Å². The molecule has 0 aliphatic heterocycles. The number of nitrogens with two attached hydrogens (primary N) is 1. The van der Waals surface area contributed by atoms with E-state index in [1.54, 1.807) is 11.3 Å². The lowest BCUT2D eigenvalue weighted by molar-refractivity contribution is 0.508. The van der Waals surface area contributed by atoms with E-state index in [4.69, 9.17) is 5.73 Å². The fourth-order valence-corrected chi connectivity index (χ4v) is 1.91. The van der Waals surface area contributed by atoms with E-state index in [-0.39, 0.29) is 29.5 Å². The smallest absolute Gasteiger partial charge is 0.189 e. The molecule has 1 rings (SSSR count). The highest BCUT2D eigenvalue weighted by atomic mass is 127. The van der Waals surface area contributed by atoms with Crippen molar-refractivity contribution >= 4 is 41.3 Å². The van der Waals surface area contributed by atoms with Gasteiger partial charge in [-0.05, 0) is 27.2 Å². The Bertz CT molecular complexity index is 368. The van der Waals surface area contributed by atoms with Crippen LogP contribution in [-0.2, 0) is 13.0 Å². The number of thiazole rings is 1. The molecule has 0 aliphatic rings. The van der Waals surface area contributed by atoms with Gasteiger partial charge in [-0.25, -0.2) is 9.98 Å². The van der Waals surface area contributed by atoms with E-state index < -0.39 is 0 Å². The highest BCUT2D eigenvalue weighted by Crippen LogP contribution is 2.10. The van der Waals surface area contributed by atoms with Crippen molar-refractivity contribution in [1.29, 1.82) is 0 Å². The Morgan fingerprint density at radius 2 is 2.18 bits per heavy atom. The van der Waals surface area contributed by atoms with Crippen molar-refractivity contribution in [2.75, 3.05) is 0 Å². The van der Waals surface area contributed by atoms with Gasteiger partial charge in [0, 0.05) is 10.9 Å². The Morgan fingerprint density at radius 1 is 1.53 bits per heavy atom. The van der Waals surface area contributed by atoms with E-state index in [1.807, 2.05) is 26.2 Å². The van der Waals surface area contributed by atoms with Crippen molar-refractivity contribution in [2.24, 2.45) is 10.7 Å². The molecule has 1 heterocycles. The van der Waals surface area contributed by atoms with Gasteiger partial charge in [-0.15, -0.1) is 35.3 Å². The van der Waals surface area contributed by atoms with Gasteiger partial charge in [0.2, 0.25) is 0 Å². The lowest BCUT2D eigenvalue weighted by Gasteiger charge is -2.20. The fourth-order valence-electron chi connectivity index (χ4n) is 1.17. The molecule has 0 radical (unpaired) electrons.